The van der Waals surface area contributed by atoms with Gasteiger partial charge in [0.1, 0.15) is 29.2 Å². The highest BCUT2D eigenvalue weighted by Crippen LogP contribution is 2.39. The van der Waals surface area contributed by atoms with Crippen molar-refractivity contribution in [3.05, 3.63) is 104 Å². The quantitative estimate of drug-likeness (QED) is 0.111. The van der Waals surface area contributed by atoms with E-state index in [2.05, 4.69) is 10.2 Å². The maximum absolute atomic E-state index is 11.5. The number of hydrogen-bond acceptors (Lipinski definition) is 7. The highest BCUT2D eigenvalue weighted by atomic mass is 35.5. The van der Waals surface area contributed by atoms with Crippen LogP contribution in [0.3, 0.4) is 0 Å². The van der Waals surface area contributed by atoms with Gasteiger partial charge < -0.3 is 9.47 Å². The summed E-state index contributed by atoms with van der Waals surface area (Å²) in [6.45, 7) is 4.32. The maximum atomic E-state index is 11.5. The van der Waals surface area contributed by atoms with Gasteiger partial charge in [-0.15, -0.1) is 10.2 Å². The largest absolute Gasteiger partial charge is 0.494 e. The molecule has 0 saturated carbocycles. The number of rotatable bonds is 11. The summed E-state index contributed by atoms with van der Waals surface area (Å²) >= 11 is 13.7. The summed E-state index contributed by atoms with van der Waals surface area (Å²) in [5, 5.41) is 21.0. The maximum Gasteiger partial charge on any atom is 0.220 e. The summed E-state index contributed by atoms with van der Waals surface area (Å²) in [4.78, 5) is 11.2. The molecule has 0 N–H and O–H groups in total. The fraction of sp³-hybridized carbons (Fsp3) is 0.231. The van der Waals surface area contributed by atoms with E-state index < -0.39 is 5.25 Å². The van der Waals surface area contributed by atoms with Crippen LogP contribution >= 0.6 is 35.0 Å². The SMILES string of the molecule is CCOc1ccc(-n2c(C)nnc2S[C@H](C[N+](=O)[O-])c2ccc(OCc3ccc(Cl)cc3)c(Cl)c2)cc1. The molecule has 37 heavy (non-hydrogen) atoms. The molecule has 0 radical (unpaired) electrons. The van der Waals surface area contributed by atoms with Crippen molar-refractivity contribution in [3.8, 4) is 17.2 Å². The van der Waals surface area contributed by atoms with Gasteiger partial charge in [-0.2, -0.15) is 0 Å². The molecule has 4 rings (SSSR count). The van der Waals surface area contributed by atoms with E-state index in [1.807, 2.05) is 54.8 Å². The van der Waals surface area contributed by atoms with Gasteiger partial charge >= 0.3 is 0 Å². The zero-order chi connectivity index (χ0) is 26.4. The van der Waals surface area contributed by atoms with Gasteiger partial charge in [-0.3, -0.25) is 14.7 Å². The Balaban J connectivity index is 1.55. The predicted octanol–water partition coefficient (Wildman–Crippen LogP) is 6.97. The first kappa shape index (κ1) is 26.8. The smallest absolute Gasteiger partial charge is 0.220 e. The molecule has 8 nitrogen and oxygen atoms in total. The first-order valence-electron chi connectivity index (χ1n) is 11.4. The molecule has 1 atom stereocenters. The van der Waals surface area contributed by atoms with Crippen LogP contribution in [0.1, 0.15) is 29.1 Å². The van der Waals surface area contributed by atoms with Crippen molar-refractivity contribution in [2.75, 3.05) is 13.2 Å². The Labute approximate surface area is 228 Å². The number of ether oxygens (including phenoxy) is 2. The van der Waals surface area contributed by atoms with Crippen molar-refractivity contribution in [1.29, 1.82) is 0 Å². The molecule has 0 aliphatic carbocycles. The third-order valence-corrected chi connectivity index (χ3v) is 7.13. The molecule has 1 aromatic heterocycles. The molecule has 0 saturated heterocycles. The van der Waals surface area contributed by atoms with Crippen LogP contribution in [0.25, 0.3) is 5.69 Å². The molecule has 3 aromatic carbocycles. The van der Waals surface area contributed by atoms with Crippen LogP contribution in [-0.2, 0) is 6.61 Å². The molecule has 0 aliphatic heterocycles. The fourth-order valence-electron chi connectivity index (χ4n) is 3.62. The number of aryl methyl sites for hydroxylation is 1. The van der Waals surface area contributed by atoms with Gasteiger partial charge in [0.2, 0.25) is 6.54 Å². The average molecular weight is 559 g/mol. The van der Waals surface area contributed by atoms with Crippen molar-refractivity contribution in [2.24, 2.45) is 0 Å². The second-order valence-corrected chi connectivity index (χ2v) is 10.0. The van der Waals surface area contributed by atoms with E-state index in [4.69, 9.17) is 32.7 Å². The van der Waals surface area contributed by atoms with Crippen LogP contribution in [0.2, 0.25) is 10.0 Å². The van der Waals surface area contributed by atoms with E-state index in [1.54, 1.807) is 30.3 Å². The fourth-order valence-corrected chi connectivity index (χ4v) is 5.16. The Morgan fingerprint density at radius 1 is 1.03 bits per heavy atom. The second kappa shape index (κ2) is 12.3. The molecule has 0 fully saturated rings. The van der Waals surface area contributed by atoms with Crippen molar-refractivity contribution < 1.29 is 14.4 Å². The lowest BCUT2D eigenvalue weighted by Crippen LogP contribution is -2.11. The summed E-state index contributed by atoms with van der Waals surface area (Å²) in [6, 6.07) is 20.1. The topological polar surface area (TPSA) is 92.3 Å². The Hall–Kier alpha value is -3.27. The van der Waals surface area contributed by atoms with Gasteiger partial charge in [0.15, 0.2) is 5.16 Å². The molecule has 1 heterocycles. The second-order valence-electron chi connectivity index (χ2n) is 8.02. The minimum atomic E-state index is -0.553. The molecule has 0 bridgehead atoms. The third kappa shape index (κ3) is 6.94. The number of aromatic nitrogens is 3. The number of halogens is 2. The van der Waals surface area contributed by atoms with Gasteiger partial charge in [0, 0.05) is 15.6 Å². The van der Waals surface area contributed by atoms with Crippen LogP contribution in [0.4, 0.5) is 0 Å². The molecule has 0 spiro atoms. The number of benzene rings is 3. The van der Waals surface area contributed by atoms with Gasteiger partial charge in [0.05, 0.1) is 11.6 Å². The molecule has 192 valence electrons. The highest BCUT2D eigenvalue weighted by molar-refractivity contribution is 7.99. The van der Waals surface area contributed by atoms with Crippen molar-refractivity contribution in [3.63, 3.8) is 0 Å². The van der Waals surface area contributed by atoms with E-state index in [-0.39, 0.29) is 11.5 Å². The first-order chi connectivity index (χ1) is 17.8. The van der Waals surface area contributed by atoms with Crippen molar-refractivity contribution in [2.45, 2.75) is 30.9 Å². The summed E-state index contributed by atoms with van der Waals surface area (Å²) < 4.78 is 13.2. The summed E-state index contributed by atoms with van der Waals surface area (Å²) in [5.41, 5.74) is 2.46. The van der Waals surface area contributed by atoms with E-state index in [0.29, 0.717) is 45.6 Å². The van der Waals surface area contributed by atoms with Gasteiger partial charge in [-0.05, 0) is 73.5 Å². The molecular formula is C26H24Cl2N4O4S. The van der Waals surface area contributed by atoms with E-state index in [9.17, 15) is 10.1 Å². The Morgan fingerprint density at radius 3 is 2.41 bits per heavy atom. The van der Waals surface area contributed by atoms with Crippen LogP contribution < -0.4 is 9.47 Å². The predicted molar refractivity (Wildman–Crippen MR) is 145 cm³/mol. The zero-order valence-corrected chi connectivity index (χ0v) is 22.5. The Kier molecular flexibility index (Phi) is 8.91. The van der Waals surface area contributed by atoms with Crippen LogP contribution in [0.5, 0.6) is 11.5 Å². The highest BCUT2D eigenvalue weighted by Gasteiger charge is 2.24. The van der Waals surface area contributed by atoms with E-state index in [1.165, 1.54) is 11.8 Å². The monoisotopic (exact) mass is 558 g/mol. The normalized spacial score (nSPS) is 11.8. The molecule has 0 aliphatic rings. The lowest BCUT2D eigenvalue weighted by atomic mass is 10.1. The number of nitro groups is 1. The molecule has 0 unspecified atom stereocenters. The average Bonchev–Trinajstić information content (AvgIpc) is 3.24. The standard InChI is InChI=1S/C26H24Cl2N4O4S/c1-3-35-22-11-9-21(10-12-22)32-17(2)29-30-26(32)37-25(15-31(33)34)19-6-13-24(23(28)14-19)36-16-18-4-7-20(27)8-5-18/h4-14,25H,3,15-16H2,1-2H3/t25-/m1/s1. The first-order valence-corrected chi connectivity index (χ1v) is 13.1. The molecule has 0 amide bonds. The van der Waals surface area contributed by atoms with Crippen molar-refractivity contribution >= 4 is 35.0 Å². The Bertz CT molecular complexity index is 1360. The van der Waals surface area contributed by atoms with Gasteiger partial charge in [-0.1, -0.05) is 53.2 Å². The summed E-state index contributed by atoms with van der Waals surface area (Å²) in [5.74, 6) is 1.90. The van der Waals surface area contributed by atoms with Crippen LogP contribution in [0, 0.1) is 17.0 Å². The molecule has 4 aromatic rings. The minimum absolute atomic E-state index is 0.313. The van der Waals surface area contributed by atoms with Gasteiger partial charge in [-0.25, -0.2) is 0 Å². The van der Waals surface area contributed by atoms with E-state index >= 15 is 0 Å². The zero-order valence-electron chi connectivity index (χ0n) is 20.1. The lowest BCUT2D eigenvalue weighted by Gasteiger charge is -2.16. The minimum Gasteiger partial charge on any atom is -0.494 e. The summed E-state index contributed by atoms with van der Waals surface area (Å²) in [7, 11) is 0. The molecular weight excluding hydrogens is 535 g/mol. The number of thioether (sulfide) groups is 1. The number of hydrogen-bond donors (Lipinski definition) is 0. The number of nitrogens with zero attached hydrogens (tertiary/aromatic N) is 4. The molecule has 11 heteroatoms. The lowest BCUT2D eigenvalue weighted by molar-refractivity contribution is -0.479. The van der Waals surface area contributed by atoms with Gasteiger partial charge in [0.25, 0.3) is 0 Å². The van der Waals surface area contributed by atoms with Crippen LogP contribution in [0.15, 0.2) is 71.9 Å². The Morgan fingerprint density at radius 2 is 1.76 bits per heavy atom. The van der Waals surface area contributed by atoms with E-state index in [0.717, 1.165) is 17.0 Å². The van der Waals surface area contributed by atoms with Crippen molar-refractivity contribution in [1.82, 2.24) is 14.8 Å². The third-order valence-electron chi connectivity index (χ3n) is 5.40. The summed E-state index contributed by atoms with van der Waals surface area (Å²) in [6.07, 6.45) is 0. The van der Waals surface area contributed by atoms with Crippen LogP contribution in [-0.4, -0.2) is 32.8 Å².